The van der Waals surface area contributed by atoms with Crippen LogP contribution in [0.1, 0.15) is 44.3 Å². The topological polar surface area (TPSA) is 74.9 Å². The summed E-state index contributed by atoms with van der Waals surface area (Å²) in [6.07, 6.45) is 9.39. The molecule has 0 saturated carbocycles. The zero-order valence-corrected chi connectivity index (χ0v) is 18.1. The molecule has 1 N–H and O–H groups in total. The Morgan fingerprint density at radius 2 is 1.93 bits per heavy atom. The third kappa shape index (κ3) is 4.92. The Balaban J connectivity index is 1.16. The number of nitrogens with one attached hydrogen (secondary N) is 1. The van der Waals surface area contributed by atoms with Gasteiger partial charge in [-0.3, -0.25) is 14.0 Å². The van der Waals surface area contributed by atoms with Crippen molar-refractivity contribution in [1.29, 1.82) is 0 Å². The molecule has 8 heteroatoms. The van der Waals surface area contributed by atoms with Crippen LogP contribution in [0.15, 0.2) is 23.1 Å². The molecule has 2 aromatic heterocycles. The van der Waals surface area contributed by atoms with Gasteiger partial charge in [-0.25, -0.2) is 4.68 Å². The van der Waals surface area contributed by atoms with Gasteiger partial charge in [0.2, 0.25) is 5.91 Å². The Labute approximate surface area is 177 Å². The highest BCUT2D eigenvalue weighted by molar-refractivity contribution is 5.75. The van der Waals surface area contributed by atoms with Gasteiger partial charge in [-0.1, -0.05) is 6.42 Å². The number of amides is 1. The molecule has 30 heavy (non-hydrogen) atoms. The molecule has 0 unspecified atom stereocenters. The van der Waals surface area contributed by atoms with E-state index in [0.717, 1.165) is 32.1 Å². The van der Waals surface area contributed by atoms with Gasteiger partial charge in [0.15, 0.2) is 0 Å². The van der Waals surface area contributed by atoms with Gasteiger partial charge in [0.1, 0.15) is 17.9 Å². The van der Waals surface area contributed by atoms with E-state index >= 15 is 0 Å². The average Bonchev–Trinajstić information content (AvgIpc) is 3.27. The van der Waals surface area contributed by atoms with Crippen molar-refractivity contribution in [3.05, 3.63) is 34.5 Å². The minimum atomic E-state index is -0.239. The maximum absolute atomic E-state index is 12.4. The lowest BCUT2D eigenvalue weighted by Gasteiger charge is -2.40. The number of nitrogens with zero attached hydrogens (tertiary/aromatic N) is 5. The van der Waals surface area contributed by atoms with E-state index in [0.29, 0.717) is 17.9 Å². The van der Waals surface area contributed by atoms with Gasteiger partial charge in [0.05, 0.1) is 0 Å². The lowest BCUT2D eigenvalue weighted by Crippen LogP contribution is -2.47. The summed E-state index contributed by atoms with van der Waals surface area (Å²) in [5.41, 5.74) is 0.306. The van der Waals surface area contributed by atoms with Crippen molar-refractivity contribution in [2.45, 2.75) is 58.0 Å². The molecule has 4 heterocycles. The fourth-order valence-electron chi connectivity index (χ4n) is 4.86. The molecule has 0 bridgehead atoms. The first kappa shape index (κ1) is 21.1. The number of rotatable bonds is 7. The lowest BCUT2D eigenvalue weighted by molar-refractivity contribution is -0.121. The van der Waals surface area contributed by atoms with Crippen LogP contribution in [0.25, 0.3) is 5.52 Å². The van der Waals surface area contributed by atoms with Crippen LogP contribution in [0.2, 0.25) is 0 Å². The second-order valence-electron chi connectivity index (χ2n) is 8.65. The number of likely N-dealkylation sites (tertiary alicyclic amines) is 2. The summed E-state index contributed by atoms with van der Waals surface area (Å²) in [7, 11) is 0. The molecule has 0 spiro atoms. The molecule has 0 aliphatic carbocycles. The van der Waals surface area contributed by atoms with Gasteiger partial charge in [0, 0.05) is 18.8 Å². The van der Waals surface area contributed by atoms with E-state index in [9.17, 15) is 9.59 Å². The van der Waals surface area contributed by atoms with Gasteiger partial charge >= 0.3 is 0 Å². The molecule has 4 rings (SSSR count). The van der Waals surface area contributed by atoms with E-state index in [4.69, 9.17) is 0 Å². The number of aryl methyl sites for hydroxylation is 1. The molecule has 0 atom stereocenters. The minimum absolute atomic E-state index is 0.0391. The van der Waals surface area contributed by atoms with E-state index in [1.165, 1.54) is 49.9 Å². The van der Waals surface area contributed by atoms with Crippen LogP contribution in [0.4, 0.5) is 0 Å². The van der Waals surface area contributed by atoms with Gasteiger partial charge in [-0.2, -0.15) is 5.10 Å². The largest absolute Gasteiger partial charge is 0.354 e. The van der Waals surface area contributed by atoms with Gasteiger partial charge in [-0.05, 0) is 83.9 Å². The van der Waals surface area contributed by atoms with Crippen LogP contribution in [0.5, 0.6) is 0 Å². The minimum Gasteiger partial charge on any atom is -0.354 e. The van der Waals surface area contributed by atoms with Crippen molar-refractivity contribution in [1.82, 2.24) is 29.3 Å². The Morgan fingerprint density at radius 1 is 1.17 bits per heavy atom. The molecule has 2 aromatic rings. The van der Waals surface area contributed by atoms with E-state index in [1.807, 2.05) is 13.0 Å². The fraction of sp³-hybridized carbons (Fsp3) is 0.682. The standard InChI is InChI=1S/C22H34N6O2/c1-18-24-28(22(30)20-7-5-14-27(18)20)17-21(29)23-10-6-11-25-15-8-19(9-16-25)26-12-3-2-4-13-26/h5,7,14,19H,2-4,6,8-13,15-17H2,1H3,(H,23,29). The molecule has 2 aliphatic heterocycles. The quantitative estimate of drug-likeness (QED) is 0.691. The normalized spacial score (nSPS) is 19.4. The number of piperidine rings is 2. The molecule has 2 fully saturated rings. The molecule has 8 nitrogen and oxygen atoms in total. The number of carbonyl (C=O) groups is 1. The number of fused-ring (bicyclic) bond motifs is 1. The molecule has 2 saturated heterocycles. The van der Waals surface area contributed by atoms with Crippen molar-refractivity contribution >= 4 is 11.4 Å². The Morgan fingerprint density at radius 3 is 2.70 bits per heavy atom. The predicted molar refractivity (Wildman–Crippen MR) is 117 cm³/mol. The monoisotopic (exact) mass is 414 g/mol. The van der Waals surface area contributed by atoms with Crippen molar-refractivity contribution in [2.24, 2.45) is 0 Å². The van der Waals surface area contributed by atoms with Crippen LogP contribution in [-0.2, 0) is 11.3 Å². The first-order valence-electron chi connectivity index (χ1n) is 11.4. The molecule has 0 aromatic carbocycles. The summed E-state index contributed by atoms with van der Waals surface area (Å²) in [6.45, 7) is 8.32. The highest BCUT2D eigenvalue weighted by Crippen LogP contribution is 2.20. The van der Waals surface area contributed by atoms with E-state index in [-0.39, 0.29) is 18.0 Å². The van der Waals surface area contributed by atoms with Crippen LogP contribution >= 0.6 is 0 Å². The van der Waals surface area contributed by atoms with E-state index < -0.39 is 0 Å². The van der Waals surface area contributed by atoms with Crippen LogP contribution < -0.4 is 10.9 Å². The Kier molecular flexibility index (Phi) is 6.84. The Bertz CT molecular complexity index is 906. The SMILES string of the molecule is Cc1nn(CC(=O)NCCCN2CCC(N3CCCCC3)CC2)c(=O)c2cccn12. The zero-order valence-electron chi connectivity index (χ0n) is 18.1. The first-order chi connectivity index (χ1) is 14.6. The summed E-state index contributed by atoms with van der Waals surface area (Å²) in [5.74, 6) is 0.527. The van der Waals surface area contributed by atoms with Crippen LogP contribution in [0, 0.1) is 6.92 Å². The van der Waals surface area contributed by atoms with Crippen molar-refractivity contribution in [3.8, 4) is 0 Å². The van der Waals surface area contributed by atoms with E-state index in [1.54, 1.807) is 16.7 Å². The van der Waals surface area contributed by atoms with Crippen molar-refractivity contribution in [2.75, 3.05) is 39.3 Å². The third-order valence-corrected chi connectivity index (χ3v) is 6.55. The number of hydrogen-bond donors (Lipinski definition) is 1. The number of carbonyl (C=O) groups excluding carboxylic acids is 1. The Hall–Kier alpha value is -2.19. The third-order valence-electron chi connectivity index (χ3n) is 6.55. The zero-order chi connectivity index (χ0) is 20.9. The second kappa shape index (κ2) is 9.75. The smallest absolute Gasteiger partial charge is 0.291 e. The summed E-state index contributed by atoms with van der Waals surface area (Å²) in [5, 5.41) is 7.19. The van der Waals surface area contributed by atoms with Crippen LogP contribution in [-0.4, -0.2) is 75.2 Å². The van der Waals surface area contributed by atoms with Crippen molar-refractivity contribution in [3.63, 3.8) is 0 Å². The lowest BCUT2D eigenvalue weighted by atomic mass is 10.00. The highest BCUT2D eigenvalue weighted by Gasteiger charge is 2.25. The number of hydrogen-bond acceptors (Lipinski definition) is 5. The van der Waals surface area contributed by atoms with Gasteiger partial charge in [-0.15, -0.1) is 0 Å². The number of aromatic nitrogens is 3. The molecule has 0 radical (unpaired) electrons. The fourth-order valence-corrected chi connectivity index (χ4v) is 4.86. The summed E-state index contributed by atoms with van der Waals surface area (Å²) in [4.78, 5) is 29.9. The summed E-state index contributed by atoms with van der Waals surface area (Å²) >= 11 is 0. The van der Waals surface area contributed by atoms with Crippen LogP contribution in [0.3, 0.4) is 0 Å². The summed E-state index contributed by atoms with van der Waals surface area (Å²) in [6, 6.07) is 4.33. The highest BCUT2D eigenvalue weighted by atomic mass is 16.2. The second-order valence-corrected chi connectivity index (χ2v) is 8.65. The van der Waals surface area contributed by atoms with E-state index in [2.05, 4.69) is 20.2 Å². The predicted octanol–water partition coefficient (Wildman–Crippen LogP) is 1.26. The average molecular weight is 415 g/mol. The molecular formula is C22H34N6O2. The molecule has 164 valence electrons. The van der Waals surface area contributed by atoms with Gasteiger partial charge < -0.3 is 15.1 Å². The molecular weight excluding hydrogens is 380 g/mol. The molecule has 1 amide bonds. The maximum atomic E-state index is 12.4. The van der Waals surface area contributed by atoms with Crippen molar-refractivity contribution < 1.29 is 4.79 Å². The molecule has 2 aliphatic rings. The van der Waals surface area contributed by atoms with Gasteiger partial charge in [0.25, 0.3) is 5.56 Å². The maximum Gasteiger partial charge on any atom is 0.291 e. The first-order valence-corrected chi connectivity index (χ1v) is 11.4. The summed E-state index contributed by atoms with van der Waals surface area (Å²) < 4.78 is 3.00.